The van der Waals surface area contributed by atoms with Crippen LogP contribution in [-0.2, 0) is 0 Å². The Morgan fingerprint density at radius 3 is 2.45 bits per heavy atom. The molecule has 3 aromatic rings. The molecule has 112 valence electrons. The summed E-state index contributed by atoms with van der Waals surface area (Å²) >= 11 is 5.89. The molecule has 0 unspecified atom stereocenters. The lowest BCUT2D eigenvalue weighted by atomic mass is 10.1. The third kappa shape index (κ3) is 2.57. The minimum absolute atomic E-state index is 0.239. The minimum Gasteiger partial charge on any atom is -0.398 e. The Balaban J connectivity index is 2.20. The Hall–Kier alpha value is -2.33. The lowest BCUT2D eigenvalue weighted by Crippen LogP contribution is -2.06. The maximum atomic E-state index is 6.09. The van der Waals surface area contributed by atoms with Crippen LogP contribution in [0.1, 0.15) is 19.9 Å². The molecule has 5 heteroatoms. The molecule has 0 aliphatic rings. The van der Waals surface area contributed by atoms with Gasteiger partial charge in [-0.1, -0.05) is 41.9 Å². The number of nitrogens with zero attached hydrogens (tertiary/aromatic N) is 3. The molecule has 2 aromatic heterocycles. The van der Waals surface area contributed by atoms with Crippen molar-refractivity contribution >= 4 is 17.3 Å². The van der Waals surface area contributed by atoms with E-state index in [0.717, 1.165) is 22.6 Å². The smallest absolute Gasteiger partial charge is 0.144 e. The Morgan fingerprint density at radius 1 is 1.09 bits per heavy atom. The van der Waals surface area contributed by atoms with Crippen molar-refractivity contribution in [3.63, 3.8) is 0 Å². The fraction of sp³-hybridized carbons (Fsp3) is 0.176. The van der Waals surface area contributed by atoms with Crippen LogP contribution in [0.2, 0.25) is 5.15 Å². The van der Waals surface area contributed by atoms with E-state index >= 15 is 0 Å². The molecule has 22 heavy (non-hydrogen) atoms. The van der Waals surface area contributed by atoms with Crippen LogP contribution in [-0.4, -0.2) is 14.5 Å². The standard InChI is InChI=1S/C17H17ClN4/c1-11(2)22-15(12-6-4-3-5-7-12)10-21-17(22)13-9-20-16(18)8-14(13)19/h3-11H,1-2H3,(H2,19,20). The van der Waals surface area contributed by atoms with Crippen molar-refractivity contribution in [2.75, 3.05) is 5.73 Å². The van der Waals surface area contributed by atoms with E-state index in [1.807, 2.05) is 24.4 Å². The van der Waals surface area contributed by atoms with Gasteiger partial charge in [-0.3, -0.25) is 0 Å². The molecule has 0 aliphatic carbocycles. The van der Waals surface area contributed by atoms with Gasteiger partial charge in [-0.15, -0.1) is 0 Å². The first-order valence-electron chi connectivity index (χ1n) is 7.12. The molecule has 0 aliphatic heterocycles. The number of imidazole rings is 1. The summed E-state index contributed by atoms with van der Waals surface area (Å²) in [5.74, 6) is 0.801. The second-order valence-corrected chi connectivity index (χ2v) is 5.78. The van der Waals surface area contributed by atoms with Gasteiger partial charge in [0.25, 0.3) is 0 Å². The number of nitrogen functional groups attached to an aromatic ring is 1. The van der Waals surface area contributed by atoms with Gasteiger partial charge in [0.05, 0.1) is 17.5 Å². The molecule has 0 atom stereocenters. The Labute approximate surface area is 134 Å². The highest BCUT2D eigenvalue weighted by molar-refractivity contribution is 6.29. The molecule has 0 saturated heterocycles. The van der Waals surface area contributed by atoms with Gasteiger partial charge in [0.1, 0.15) is 11.0 Å². The molecule has 0 spiro atoms. The second kappa shape index (κ2) is 5.81. The monoisotopic (exact) mass is 312 g/mol. The number of rotatable bonds is 3. The number of aromatic nitrogens is 3. The number of anilines is 1. The molecule has 3 rings (SSSR count). The Kier molecular flexibility index (Phi) is 3.86. The summed E-state index contributed by atoms with van der Waals surface area (Å²) in [5.41, 5.74) is 9.64. The van der Waals surface area contributed by atoms with Crippen LogP contribution in [0.3, 0.4) is 0 Å². The number of benzene rings is 1. The number of hydrogen-bond acceptors (Lipinski definition) is 3. The summed E-state index contributed by atoms with van der Waals surface area (Å²) in [6.45, 7) is 4.24. The van der Waals surface area contributed by atoms with Gasteiger partial charge in [-0.25, -0.2) is 9.97 Å². The van der Waals surface area contributed by atoms with Crippen LogP contribution < -0.4 is 5.73 Å². The summed E-state index contributed by atoms with van der Waals surface area (Å²) in [5, 5.41) is 0.382. The zero-order valence-corrected chi connectivity index (χ0v) is 13.2. The van der Waals surface area contributed by atoms with Gasteiger partial charge >= 0.3 is 0 Å². The molecule has 4 nitrogen and oxygen atoms in total. The van der Waals surface area contributed by atoms with Crippen LogP contribution in [0.5, 0.6) is 0 Å². The van der Waals surface area contributed by atoms with E-state index in [9.17, 15) is 0 Å². The first-order chi connectivity index (χ1) is 10.6. The molecular formula is C17H17ClN4. The summed E-state index contributed by atoms with van der Waals surface area (Å²) in [4.78, 5) is 8.71. The largest absolute Gasteiger partial charge is 0.398 e. The van der Waals surface area contributed by atoms with E-state index in [4.69, 9.17) is 17.3 Å². The van der Waals surface area contributed by atoms with Gasteiger partial charge < -0.3 is 10.3 Å². The van der Waals surface area contributed by atoms with E-state index in [1.54, 1.807) is 12.3 Å². The predicted octanol–water partition coefficient (Wildman–Crippen LogP) is 4.43. The van der Waals surface area contributed by atoms with Crippen molar-refractivity contribution in [1.82, 2.24) is 14.5 Å². The Morgan fingerprint density at radius 2 is 1.82 bits per heavy atom. The van der Waals surface area contributed by atoms with E-state index in [2.05, 4.69) is 40.5 Å². The quantitative estimate of drug-likeness (QED) is 0.728. The summed E-state index contributed by atoms with van der Waals surface area (Å²) in [6, 6.07) is 12.1. The average Bonchev–Trinajstić information content (AvgIpc) is 2.93. The van der Waals surface area contributed by atoms with Crippen LogP contribution in [0.25, 0.3) is 22.6 Å². The zero-order valence-electron chi connectivity index (χ0n) is 12.5. The normalized spacial score (nSPS) is 11.1. The molecular weight excluding hydrogens is 296 g/mol. The van der Waals surface area contributed by atoms with Crippen molar-refractivity contribution in [2.45, 2.75) is 19.9 Å². The molecule has 0 saturated carbocycles. The molecule has 2 N–H and O–H groups in total. The summed E-state index contributed by atoms with van der Waals surface area (Å²) in [6.07, 6.45) is 3.55. The van der Waals surface area contributed by atoms with Crippen molar-refractivity contribution in [3.8, 4) is 22.6 Å². The highest BCUT2D eigenvalue weighted by Gasteiger charge is 2.17. The number of hydrogen-bond donors (Lipinski definition) is 1. The second-order valence-electron chi connectivity index (χ2n) is 5.39. The van der Waals surface area contributed by atoms with E-state index in [1.165, 1.54) is 0 Å². The first-order valence-corrected chi connectivity index (χ1v) is 7.49. The third-order valence-electron chi connectivity index (χ3n) is 3.53. The zero-order chi connectivity index (χ0) is 15.7. The lowest BCUT2D eigenvalue weighted by molar-refractivity contribution is 0.612. The highest BCUT2D eigenvalue weighted by Crippen LogP contribution is 2.32. The van der Waals surface area contributed by atoms with Gasteiger partial charge in [-0.2, -0.15) is 0 Å². The number of pyridine rings is 1. The van der Waals surface area contributed by atoms with Crippen LogP contribution >= 0.6 is 11.6 Å². The maximum absolute atomic E-state index is 6.09. The van der Waals surface area contributed by atoms with E-state index < -0.39 is 0 Å². The molecule has 0 bridgehead atoms. The number of nitrogens with two attached hydrogens (primary N) is 1. The summed E-state index contributed by atoms with van der Waals surface area (Å²) < 4.78 is 2.16. The van der Waals surface area contributed by atoms with Crippen molar-refractivity contribution in [2.24, 2.45) is 0 Å². The predicted molar refractivity (Wildman–Crippen MR) is 90.7 cm³/mol. The molecule has 0 fully saturated rings. The third-order valence-corrected chi connectivity index (χ3v) is 3.73. The minimum atomic E-state index is 0.239. The van der Waals surface area contributed by atoms with E-state index in [0.29, 0.717) is 10.8 Å². The van der Waals surface area contributed by atoms with Gasteiger partial charge in [-0.05, 0) is 25.5 Å². The van der Waals surface area contributed by atoms with Crippen molar-refractivity contribution < 1.29 is 0 Å². The average molecular weight is 313 g/mol. The lowest BCUT2D eigenvalue weighted by Gasteiger charge is -2.16. The van der Waals surface area contributed by atoms with Crippen LogP contribution in [0.4, 0.5) is 5.69 Å². The molecule has 2 heterocycles. The summed E-state index contributed by atoms with van der Waals surface area (Å²) in [7, 11) is 0. The first kappa shape index (κ1) is 14.6. The van der Waals surface area contributed by atoms with Crippen molar-refractivity contribution in [1.29, 1.82) is 0 Å². The molecule has 0 radical (unpaired) electrons. The topological polar surface area (TPSA) is 56.7 Å². The fourth-order valence-corrected chi connectivity index (χ4v) is 2.70. The highest BCUT2D eigenvalue weighted by atomic mass is 35.5. The van der Waals surface area contributed by atoms with E-state index in [-0.39, 0.29) is 6.04 Å². The molecule has 1 aromatic carbocycles. The van der Waals surface area contributed by atoms with Gasteiger partial charge in [0.15, 0.2) is 0 Å². The van der Waals surface area contributed by atoms with Crippen LogP contribution in [0.15, 0.2) is 48.8 Å². The van der Waals surface area contributed by atoms with Gasteiger partial charge in [0, 0.05) is 17.9 Å². The molecule has 0 amide bonds. The van der Waals surface area contributed by atoms with Crippen LogP contribution in [0, 0.1) is 0 Å². The SMILES string of the molecule is CC(C)n1c(-c2ccccc2)cnc1-c1cnc(Cl)cc1N. The maximum Gasteiger partial charge on any atom is 0.144 e. The van der Waals surface area contributed by atoms with Gasteiger partial charge in [0.2, 0.25) is 0 Å². The number of halogens is 1. The fourth-order valence-electron chi connectivity index (χ4n) is 2.54. The Bertz CT molecular complexity index is 794. The van der Waals surface area contributed by atoms with Crippen molar-refractivity contribution in [3.05, 3.63) is 53.9 Å².